The van der Waals surface area contributed by atoms with Gasteiger partial charge < -0.3 is 20.3 Å². The zero-order valence-corrected chi connectivity index (χ0v) is 18.6. The molecule has 2 N–H and O–H groups in total. The van der Waals surface area contributed by atoms with Crippen molar-refractivity contribution in [1.29, 1.82) is 0 Å². The number of benzene rings is 1. The monoisotopic (exact) mass is 492 g/mol. The fourth-order valence-electron chi connectivity index (χ4n) is 3.29. The van der Waals surface area contributed by atoms with Crippen molar-refractivity contribution in [2.24, 2.45) is 16.1 Å². The molecule has 2 fully saturated rings. The molecule has 7 heteroatoms. The largest absolute Gasteiger partial charge is 0.382 e. The van der Waals surface area contributed by atoms with Crippen LogP contribution in [0.15, 0.2) is 29.3 Å². The molecule has 1 aliphatic carbocycles. The van der Waals surface area contributed by atoms with Crippen LogP contribution in [-0.2, 0) is 4.74 Å². The van der Waals surface area contributed by atoms with Crippen molar-refractivity contribution in [2.75, 3.05) is 50.8 Å². The lowest BCUT2D eigenvalue weighted by Crippen LogP contribution is -2.51. The molecule has 0 bridgehead atoms. The lowest BCUT2D eigenvalue weighted by Gasteiger charge is -2.36. The van der Waals surface area contributed by atoms with Gasteiger partial charge in [0.1, 0.15) is 0 Å². The minimum absolute atomic E-state index is 0. The van der Waals surface area contributed by atoms with Crippen LogP contribution in [0.5, 0.6) is 0 Å². The van der Waals surface area contributed by atoms with E-state index >= 15 is 0 Å². The Bertz CT molecular complexity index is 584. The standard InChI is InChI=1S/C19H29ClN4O.HI/c1-2-25-14-9-19(7-8-19)15-22-18(21)24-12-10-23(11-13-24)17-5-3-16(20)4-6-17;/h3-6H,2,7-15H2,1H3,(H2,21,22);1H. The zero-order valence-electron chi connectivity index (χ0n) is 15.5. The summed E-state index contributed by atoms with van der Waals surface area (Å²) < 4.78 is 5.49. The second-order valence-electron chi connectivity index (χ2n) is 7.07. The number of anilines is 1. The Morgan fingerprint density at radius 3 is 2.42 bits per heavy atom. The summed E-state index contributed by atoms with van der Waals surface area (Å²) in [6.45, 7) is 8.22. The Hall–Kier alpha value is -0.730. The molecule has 0 amide bonds. The number of halogens is 2. The van der Waals surface area contributed by atoms with Crippen molar-refractivity contribution in [3.05, 3.63) is 29.3 Å². The molecule has 0 unspecified atom stereocenters. The summed E-state index contributed by atoms with van der Waals surface area (Å²) in [4.78, 5) is 9.26. The molecule has 0 radical (unpaired) electrons. The summed E-state index contributed by atoms with van der Waals surface area (Å²) in [5.41, 5.74) is 7.82. The predicted octanol–water partition coefficient (Wildman–Crippen LogP) is 3.60. The number of nitrogens with zero attached hydrogens (tertiary/aromatic N) is 3. The molecule has 2 aliphatic rings. The lowest BCUT2D eigenvalue weighted by molar-refractivity contribution is 0.129. The molecule has 146 valence electrons. The summed E-state index contributed by atoms with van der Waals surface area (Å²) >= 11 is 5.97. The molecule has 0 atom stereocenters. The highest BCUT2D eigenvalue weighted by molar-refractivity contribution is 14.0. The normalized spacial score (nSPS) is 19.2. The Morgan fingerprint density at radius 2 is 1.85 bits per heavy atom. The molecule has 26 heavy (non-hydrogen) atoms. The molecule has 1 aromatic rings. The van der Waals surface area contributed by atoms with Gasteiger partial charge in [0.05, 0.1) is 0 Å². The van der Waals surface area contributed by atoms with Crippen molar-refractivity contribution in [3.8, 4) is 0 Å². The minimum Gasteiger partial charge on any atom is -0.382 e. The van der Waals surface area contributed by atoms with E-state index < -0.39 is 0 Å². The number of ether oxygens (including phenoxy) is 1. The molecule has 1 heterocycles. The molecule has 1 saturated carbocycles. The van der Waals surface area contributed by atoms with Crippen LogP contribution in [0.1, 0.15) is 26.2 Å². The summed E-state index contributed by atoms with van der Waals surface area (Å²) in [6.07, 6.45) is 3.60. The summed E-state index contributed by atoms with van der Waals surface area (Å²) in [5, 5.41) is 0.775. The first-order valence-corrected chi connectivity index (χ1v) is 9.63. The fourth-order valence-corrected chi connectivity index (χ4v) is 3.42. The van der Waals surface area contributed by atoms with Crippen LogP contribution in [-0.4, -0.2) is 56.8 Å². The summed E-state index contributed by atoms with van der Waals surface area (Å²) in [7, 11) is 0. The van der Waals surface area contributed by atoms with E-state index in [1.807, 2.05) is 19.1 Å². The van der Waals surface area contributed by atoms with Gasteiger partial charge in [-0.15, -0.1) is 24.0 Å². The van der Waals surface area contributed by atoms with E-state index in [1.54, 1.807) is 0 Å². The van der Waals surface area contributed by atoms with Gasteiger partial charge >= 0.3 is 0 Å². The van der Waals surface area contributed by atoms with Gasteiger partial charge in [0.25, 0.3) is 0 Å². The van der Waals surface area contributed by atoms with Gasteiger partial charge in [-0.05, 0) is 55.9 Å². The summed E-state index contributed by atoms with van der Waals surface area (Å²) in [5.74, 6) is 0.693. The van der Waals surface area contributed by atoms with Gasteiger partial charge in [-0.25, -0.2) is 0 Å². The van der Waals surface area contributed by atoms with Gasteiger partial charge in [-0.2, -0.15) is 0 Å². The van der Waals surface area contributed by atoms with E-state index in [1.165, 1.54) is 18.5 Å². The maximum atomic E-state index is 6.25. The first kappa shape index (κ1) is 21.6. The average molecular weight is 493 g/mol. The summed E-state index contributed by atoms with van der Waals surface area (Å²) in [6, 6.07) is 8.03. The molecule has 1 aliphatic heterocycles. The van der Waals surface area contributed by atoms with Crippen molar-refractivity contribution in [3.63, 3.8) is 0 Å². The number of nitrogens with two attached hydrogens (primary N) is 1. The second-order valence-corrected chi connectivity index (χ2v) is 7.51. The number of aliphatic imine (C=N–C) groups is 1. The van der Waals surface area contributed by atoms with Crippen molar-refractivity contribution in [1.82, 2.24) is 4.90 Å². The number of hydrogen-bond acceptors (Lipinski definition) is 3. The molecule has 1 aromatic carbocycles. The van der Waals surface area contributed by atoms with Gasteiger partial charge in [0.15, 0.2) is 5.96 Å². The fraction of sp³-hybridized carbons (Fsp3) is 0.632. The topological polar surface area (TPSA) is 54.1 Å². The minimum atomic E-state index is 0. The van der Waals surface area contributed by atoms with E-state index in [9.17, 15) is 0 Å². The number of guanidine groups is 1. The Kier molecular flexibility index (Phi) is 8.29. The highest BCUT2D eigenvalue weighted by Crippen LogP contribution is 2.49. The van der Waals surface area contributed by atoms with Crippen molar-refractivity contribution < 1.29 is 4.74 Å². The van der Waals surface area contributed by atoms with Crippen LogP contribution in [0.3, 0.4) is 0 Å². The number of hydrogen-bond donors (Lipinski definition) is 1. The Morgan fingerprint density at radius 1 is 1.19 bits per heavy atom. The van der Waals surface area contributed by atoms with Crippen LogP contribution in [0.4, 0.5) is 5.69 Å². The number of piperazine rings is 1. The van der Waals surface area contributed by atoms with Crippen LogP contribution in [0.25, 0.3) is 0 Å². The van der Waals surface area contributed by atoms with Crippen LogP contribution >= 0.6 is 35.6 Å². The average Bonchev–Trinajstić information content (AvgIpc) is 3.41. The van der Waals surface area contributed by atoms with E-state index in [-0.39, 0.29) is 24.0 Å². The van der Waals surface area contributed by atoms with Crippen molar-refractivity contribution in [2.45, 2.75) is 26.2 Å². The van der Waals surface area contributed by atoms with E-state index in [4.69, 9.17) is 27.1 Å². The molecule has 5 nitrogen and oxygen atoms in total. The third-order valence-corrected chi connectivity index (χ3v) is 5.56. The second kappa shape index (κ2) is 9.99. The quantitative estimate of drug-likeness (QED) is 0.273. The zero-order chi connectivity index (χ0) is 17.7. The van der Waals surface area contributed by atoms with Crippen LogP contribution in [0, 0.1) is 5.41 Å². The van der Waals surface area contributed by atoms with Gasteiger partial charge in [-0.3, -0.25) is 4.99 Å². The third kappa shape index (κ3) is 5.89. The van der Waals surface area contributed by atoms with Crippen LogP contribution < -0.4 is 10.6 Å². The van der Waals surface area contributed by atoms with Crippen molar-refractivity contribution >= 4 is 47.2 Å². The molecule has 1 saturated heterocycles. The first-order chi connectivity index (χ1) is 12.1. The Labute approximate surface area is 178 Å². The smallest absolute Gasteiger partial charge is 0.191 e. The third-order valence-electron chi connectivity index (χ3n) is 5.31. The van der Waals surface area contributed by atoms with Gasteiger partial charge in [0.2, 0.25) is 0 Å². The predicted molar refractivity (Wildman–Crippen MR) is 120 cm³/mol. The Balaban J connectivity index is 0.00000243. The maximum Gasteiger partial charge on any atom is 0.191 e. The maximum absolute atomic E-state index is 6.25. The lowest BCUT2D eigenvalue weighted by atomic mass is 10.0. The first-order valence-electron chi connectivity index (χ1n) is 9.25. The van der Waals surface area contributed by atoms with Gasteiger partial charge in [0, 0.05) is 56.6 Å². The molecule has 3 rings (SSSR count). The van der Waals surface area contributed by atoms with E-state index in [0.717, 1.165) is 57.4 Å². The highest BCUT2D eigenvalue weighted by atomic mass is 127. The van der Waals surface area contributed by atoms with E-state index in [2.05, 4.69) is 21.9 Å². The van der Waals surface area contributed by atoms with Gasteiger partial charge in [-0.1, -0.05) is 11.6 Å². The van der Waals surface area contributed by atoms with E-state index in [0.29, 0.717) is 11.4 Å². The molecular weight excluding hydrogens is 463 g/mol. The highest BCUT2D eigenvalue weighted by Gasteiger charge is 2.42. The molecule has 0 aromatic heterocycles. The molecular formula is C19H30ClIN4O. The van der Waals surface area contributed by atoms with Crippen LogP contribution in [0.2, 0.25) is 5.02 Å². The molecule has 0 spiro atoms. The number of rotatable bonds is 7. The SMILES string of the molecule is CCOCCC1(CN=C(N)N2CCN(c3ccc(Cl)cc3)CC2)CC1.I.